The predicted octanol–water partition coefficient (Wildman–Crippen LogP) is 3.05. The van der Waals surface area contributed by atoms with Crippen LogP contribution in [0.2, 0.25) is 0 Å². The number of hydrogen-bond acceptors (Lipinski definition) is 5. The summed E-state index contributed by atoms with van der Waals surface area (Å²) in [5.41, 5.74) is 6.60. The second-order valence-electron chi connectivity index (χ2n) is 6.12. The number of nitrogens with two attached hydrogens (primary N) is 1. The molecule has 1 aliphatic carbocycles. The lowest BCUT2D eigenvalue weighted by molar-refractivity contribution is -0.126. The first kappa shape index (κ1) is 19.9. The number of hydrogen-bond donors (Lipinski definition) is 2. The monoisotopic (exact) mass is 376 g/mol. The number of halogens is 3. The normalized spacial score (nSPS) is 25.0. The first-order chi connectivity index (χ1) is 11.8. The van der Waals surface area contributed by atoms with Crippen LogP contribution in [0.3, 0.4) is 0 Å². The number of methoxy groups -OCH3 is 1. The summed E-state index contributed by atoms with van der Waals surface area (Å²) in [4.78, 5) is 8.25. The second-order valence-corrected chi connectivity index (χ2v) is 7.24. The van der Waals surface area contributed by atoms with Gasteiger partial charge in [-0.1, -0.05) is 0 Å². The van der Waals surface area contributed by atoms with E-state index in [1.54, 1.807) is 14.2 Å². The summed E-state index contributed by atoms with van der Waals surface area (Å²) in [7, 11) is 3.24. The zero-order valence-electron chi connectivity index (χ0n) is 14.3. The molecular formula is C16H23F3N4OS. The summed E-state index contributed by atoms with van der Waals surface area (Å²) in [6, 6.07) is 1.53. The van der Waals surface area contributed by atoms with Gasteiger partial charge in [0.2, 0.25) is 0 Å². The van der Waals surface area contributed by atoms with Gasteiger partial charge in [-0.2, -0.15) is 13.2 Å². The fraction of sp³-hybridized carbons (Fsp3) is 0.625. The molecule has 5 nitrogen and oxygen atoms in total. The molecule has 25 heavy (non-hydrogen) atoms. The van der Waals surface area contributed by atoms with Crippen molar-refractivity contribution in [2.45, 2.75) is 50.0 Å². The minimum Gasteiger partial charge on any atom is -0.381 e. The fourth-order valence-corrected chi connectivity index (χ4v) is 4.07. The third kappa shape index (κ3) is 5.52. The standard InChI is InChI=1S/C16H23F3N4OS/c1-21-14(23-10-4-9(20)5-11(6-10)24-3)13-7-12(8-16(17,18)19)25-15(13)22-2/h7,9-11H,2,4-6,8,20H2,1,3H3,(H,21,23)/t9-,10+,11-/m1/s1. The minimum absolute atomic E-state index is 0.00886. The molecule has 0 saturated heterocycles. The van der Waals surface area contributed by atoms with Gasteiger partial charge in [0.1, 0.15) is 10.8 Å². The number of ether oxygens (including phenoxy) is 1. The maximum Gasteiger partial charge on any atom is 0.393 e. The van der Waals surface area contributed by atoms with Crippen molar-refractivity contribution in [3.05, 3.63) is 16.5 Å². The van der Waals surface area contributed by atoms with Gasteiger partial charge < -0.3 is 15.8 Å². The minimum atomic E-state index is -4.26. The van der Waals surface area contributed by atoms with Gasteiger partial charge in [-0.3, -0.25) is 9.98 Å². The van der Waals surface area contributed by atoms with Gasteiger partial charge in [-0.25, -0.2) is 0 Å². The van der Waals surface area contributed by atoms with Gasteiger partial charge in [-0.05, 0) is 32.0 Å². The van der Waals surface area contributed by atoms with Crippen LogP contribution in [0.15, 0.2) is 16.1 Å². The number of amidine groups is 1. The van der Waals surface area contributed by atoms with Crippen molar-refractivity contribution < 1.29 is 17.9 Å². The summed E-state index contributed by atoms with van der Waals surface area (Å²) in [5, 5.41) is 3.72. The van der Waals surface area contributed by atoms with E-state index in [0.717, 1.165) is 30.6 Å². The smallest absolute Gasteiger partial charge is 0.381 e. The Morgan fingerprint density at radius 1 is 1.44 bits per heavy atom. The highest BCUT2D eigenvalue weighted by Gasteiger charge is 2.31. The summed E-state index contributed by atoms with van der Waals surface area (Å²) in [5.74, 6) is 0.501. The second kappa shape index (κ2) is 8.29. The SMILES string of the molecule is C=Nc1sc(CC(F)(F)F)cc1/C(=N\C)N[C@H]1C[C@@H](N)C[C@@H](OC)C1. The predicted molar refractivity (Wildman–Crippen MR) is 95.3 cm³/mol. The number of alkyl halides is 3. The van der Waals surface area contributed by atoms with E-state index in [4.69, 9.17) is 10.5 Å². The molecule has 2 rings (SSSR count). The molecule has 1 fully saturated rings. The third-order valence-electron chi connectivity index (χ3n) is 4.14. The number of nitrogens with zero attached hydrogens (tertiary/aromatic N) is 2. The van der Waals surface area contributed by atoms with E-state index in [0.29, 0.717) is 16.4 Å². The van der Waals surface area contributed by atoms with Gasteiger partial charge in [-0.15, -0.1) is 11.3 Å². The van der Waals surface area contributed by atoms with Crippen LogP contribution < -0.4 is 11.1 Å². The molecule has 140 valence electrons. The van der Waals surface area contributed by atoms with E-state index in [1.807, 2.05) is 0 Å². The van der Waals surface area contributed by atoms with Crippen LogP contribution in [0.4, 0.5) is 18.2 Å². The van der Waals surface area contributed by atoms with Crippen LogP contribution in [0.5, 0.6) is 0 Å². The number of aliphatic imine (C=N–C) groups is 2. The molecule has 1 aliphatic rings. The van der Waals surface area contributed by atoms with Crippen LogP contribution in [-0.4, -0.2) is 51.1 Å². The average Bonchev–Trinajstić information content (AvgIpc) is 2.92. The molecule has 0 radical (unpaired) electrons. The molecule has 0 spiro atoms. The van der Waals surface area contributed by atoms with Crippen LogP contribution in [0.1, 0.15) is 29.7 Å². The highest BCUT2D eigenvalue weighted by molar-refractivity contribution is 7.16. The number of rotatable bonds is 5. The first-order valence-corrected chi connectivity index (χ1v) is 8.75. The molecule has 1 aromatic rings. The van der Waals surface area contributed by atoms with Gasteiger partial charge in [0, 0.05) is 31.1 Å². The van der Waals surface area contributed by atoms with Crippen molar-refractivity contribution in [2.75, 3.05) is 14.2 Å². The molecule has 9 heteroatoms. The molecule has 0 aliphatic heterocycles. The quantitative estimate of drug-likeness (QED) is 0.613. The lowest BCUT2D eigenvalue weighted by Gasteiger charge is -2.33. The van der Waals surface area contributed by atoms with E-state index in [9.17, 15) is 13.2 Å². The number of nitrogens with one attached hydrogen (secondary N) is 1. The van der Waals surface area contributed by atoms with Crippen molar-refractivity contribution in [1.29, 1.82) is 0 Å². The Balaban J connectivity index is 2.18. The van der Waals surface area contributed by atoms with Gasteiger partial charge >= 0.3 is 6.18 Å². The van der Waals surface area contributed by atoms with Crippen molar-refractivity contribution in [2.24, 2.45) is 15.7 Å². The van der Waals surface area contributed by atoms with E-state index in [2.05, 4.69) is 22.0 Å². The number of thiophene rings is 1. The largest absolute Gasteiger partial charge is 0.393 e. The highest BCUT2D eigenvalue weighted by Crippen LogP contribution is 2.35. The van der Waals surface area contributed by atoms with Crippen LogP contribution >= 0.6 is 11.3 Å². The van der Waals surface area contributed by atoms with Gasteiger partial charge in [0.25, 0.3) is 0 Å². The molecule has 1 aromatic heterocycles. The van der Waals surface area contributed by atoms with Crippen molar-refractivity contribution in [3.8, 4) is 0 Å². The molecule has 0 amide bonds. The van der Waals surface area contributed by atoms with E-state index in [-0.39, 0.29) is 23.1 Å². The maximum absolute atomic E-state index is 12.7. The Kier molecular flexibility index (Phi) is 6.59. The zero-order chi connectivity index (χ0) is 18.6. The average molecular weight is 376 g/mol. The van der Waals surface area contributed by atoms with Crippen LogP contribution in [0, 0.1) is 0 Å². The summed E-state index contributed by atoms with van der Waals surface area (Å²) < 4.78 is 43.4. The van der Waals surface area contributed by atoms with Gasteiger partial charge in [0.15, 0.2) is 0 Å². The van der Waals surface area contributed by atoms with E-state index in [1.165, 1.54) is 6.07 Å². The summed E-state index contributed by atoms with van der Waals surface area (Å²) in [6.45, 7) is 3.46. The van der Waals surface area contributed by atoms with Crippen molar-refractivity contribution in [1.82, 2.24) is 5.32 Å². The van der Waals surface area contributed by atoms with E-state index < -0.39 is 12.6 Å². The van der Waals surface area contributed by atoms with Crippen molar-refractivity contribution >= 4 is 28.9 Å². The Hall–Kier alpha value is -1.45. The lowest BCUT2D eigenvalue weighted by Crippen LogP contribution is -2.47. The first-order valence-electron chi connectivity index (χ1n) is 7.94. The lowest BCUT2D eigenvalue weighted by atomic mass is 9.89. The van der Waals surface area contributed by atoms with Gasteiger partial charge in [0.05, 0.1) is 18.1 Å². The molecule has 1 saturated carbocycles. The Bertz CT molecular complexity index is 629. The maximum atomic E-state index is 12.7. The molecule has 3 atom stereocenters. The topological polar surface area (TPSA) is 72.0 Å². The summed E-state index contributed by atoms with van der Waals surface area (Å²) >= 11 is 0.978. The third-order valence-corrected chi connectivity index (χ3v) is 5.20. The molecule has 3 N–H and O–H groups in total. The molecular weight excluding hydrogens is 353 g/mol. The highest BCUT2D eigenvalue weighted by atomic mass is 32.1. The Morgan fingerprint density at radius 2 is 2.16 bits per heavy atom. The molecule has 0 aromatic carbocycles. The van der Waals surface area contributed by atoms with Crippen LogP contribution in [0.25, 0.3) is 0 Å². The molecule has 0 bridgehead atoms. The molecule has 0 unspecified atom stereocenters. The van der Waals surface area contributed by atoms with Crippen LogP contribution in [-0.2, 0) is 11.2 Å². The zero-order valence-corrected chi connectivity index (χ0v) is 15.1. The van der Waals surface area contributed by atoms with Crippen molar-refractivity contribution in [3.63, 3.8) is 0 Å². The van der Waals surface area contributed by atoms with E-state index >= 15 is 0 Å². The molecule has 1 heterocycles. The Labute approximate surface area is 149 Å². The Morgan fingerprint density at radius 3 is 2.72 bits per heavy atom. The summed E-state index contributed by atoms with van der Waals surface area (Å²) in [6.07, 6.45) is -2.90. The fourth-order valence-electron chi connectivity index (χ4n) is 3.08.